The maximum atomic E-state index is 10.4. The monoisotopic (exact) mass is 352 g/mol. The molecule has 26 heavy (non-hydrogen) atoms. The van der Waals surface area contributed by atoms with E-state index in [2.05, 4.69) is 9.97 Å². The van der Waals surface area contributed by atoms with Crippen LogP contribution in [0.5, 0.6) is 11.5 Å². The van der Waals surface area contributed by atoms with Crippen LogP contribution in [0.2, 0.25) is 0 Å². The van der Waals surface area contributed by atoms with E-state index in [0.717, 1.165) is 25.0 Å². The van der Waals surface area contributed by atoms with Crippen LogP contribution in [0.1, 0.15) is 0 Å². The molecule has 0 fully saturated rings. The molecule has 0 unspecified atom stereocenters. The van der Waals surface area contributed by atoms with Gasteiger partial charge in [0.2, 0.25) is 0 Å². The fraction of sp³-hybridized carbons (Fsp3) is 0.100. The van der Waals surface area contributed by atoms with Crippen molar-refractivity contribution in [3.63, 3.8) is 0 Å². The number of aromatic hydroxyl groups is 2. The van der Waals surface area contributed by atoms with Crippen molar-refractivity contribution >= 4 is 21.8 Å². The number of aliphatic hydroxyl groups excluding tert-OH is 2. The van der Waals surface area contributed by atoms with Gasteiger partial charge in [0.15, 0.2) is 0 Å². The van der Waals surface area contributed by atoms with Gasteiger partial charge in [-0.1, -0.05) is 12.1 Å². The van der Waals surface area contributed by atoms with Gasteiger partial charge in [0.1, 0.15) is 11.5 Å². The first-order valence-corrected chi connectivity index (χ1v) is 7.79. The lowest BCUT2D eigenvalue weighted by Gasteiger charge is -2.12. The van der Waals surface area contributed by atoms with Crippen molar-refractivity contribution in [2.75, 3.05) is 14.2 Å². The van der Waals surface area contributed by atoms with E-state index in [1.165, 1.54) is 0 Å². The molecule has 0 amide bonds. The molecule has 0 atom stereocenters. The van der Waals surface area contributed by atoms with Gasteiger partial charge >= 0.3 is 0 Å². The normalized spacial score (nSPS) is 9.85. The third kappa shape index (κ3) is 3.42. The lowest BCUT2D eigenvalue weighted by atomic mass is 9.97. The zero-order valence-corrected chi connectivity index (χ0v) is 14.5. The summed E-state index contributed by atoms with van der Waals surface area (Å²) >= 11 is 0. The van der Waals surface area contributed by atoms with Crippen LogP contribution in [-0.4, -0.2) is 44.6 Å². The Hall–Kier alpha value is -3.22. The van der Waals surface area contributed by atoms with Crippen molar-refractivity contribution in [2.45, 2.75) is 0 Å². The van der Waals surface area contributed by atoms with Crippen LogP contribution in [0.25, 0.3) is 32.9 Å². The second kappa shape index (κ2) is 8.75. The Balaban J connectivity index is 0.000000570. The average molecular weight is 352 g/mol. The summed E-state index contributed by atoms with van der Waals surface area (Å²) in [5, 5.41) is 36.5. The number of aliphatic hydroxyl groups is 2. The summed E-state index contributed by atoms with van der Waals surface area (Å²) in [6.07, 6.45) is 3.34. The number of phenols is 2. The molecule has 134 valence electrons. The molecule has 6 nitrogen and oxygen atoms in total. The summed E-state index contributed by atoms with van der Waals surface area (Å²) < 4.78 is 0. The largest absolute Gasteiger partial charge is 0.507 e. The first kappa shape index (κ1) is 19.1. The molecule has 0 aliphatic rings. The van der Waals surface area contributed by atoms with Gasteiger partial charge in [-0.25, -0.2) is 0 Å². The van der Waals surface area contributed by atoms with E-state index in [0.29, 0.717) is 22.2 Å². The molecule has 0 bridgehead atoms. The van der Waals surface area contributed by atoms with E-state index in [-0.39, 0.29) is 11.5 Å². The minimum absolute atomic E-state index is 0.0691. The maximum Gasteiger partial charge on any atom is 0.125 e. The SMILES string of the molecule is CO.CO.Oc1ccc2cccnc2c1-c1c(O)ccc2cccnc12. The van der Waals surface area contributed by atoms with E-state index in [9.17, 15) is 10.2 Å². The Labute approximate surface area is 150 Å². The highest BCUT2D eigenvalue weighted by molar-refractivity contribution is 6.06. The second-order valence-electron chi connectivity index (χ2n) is 5.07. The zero-order chi connectivity index (χ0) is 19.1. The molecule has 4 rings (SSSR count). The third-order valence-electron chi connectivity index (χ3n) is 3.76. The van der Waals surface area contributed by atoms with E-state index in [4.69, 9.17) is 10.2 Å². The van der Waals surface area contributed by atoms with Crippen molar-refractivity contribution in [1.82, 2.24) is 9.97 Å². The van der Waals surface area contributed by atoms with Crippen LogP contribution in [0.4, 0.5) is 0 Å². The van der Waals surface area contributed by atoms with Gasteiger partial charge in [-0.2, -0.15) is 0 Å². The molecule has 2 heterocycles. The molecule has 4 aromatic rings. The van der Waals surface area contributed by atoms with Crippen LogP contribution >= 0.6 is 0 Å². The van der Waals surface area contributed by atoms with Crippen LogP contribution in [0.15, 0.2) is 60.9 Å². The number of rotatable bonds is 1. The molecule has 0 spiro atoms. The quantitative estimate of drug-likeness (QED) is 0.419. The maximum absolute atomic E-state index is 10.4. The van der Waals surface area contributed by atoms with Crippen LogP contribution in [0.3, 0.4) is 0 Å². The number of fused-ring (bicyclic) bond motifs is 2. The van der Waals surface area contributed by atoms with Crippen molar-refractivity contribution < 1.29 is 20.4 Å². The van der Waals surface area contributed by atoms with Crippen molar-refractivity contribution in [3.8, 4) is 22.6 Å². The summed E-state index contributed by atoms with van der Waals surface area (Å²) in [6, 6.07) is 14.3. The predicted molar refractivity (Wildman–Crippen MR) is 102 cm³/mol. The van der Waals surface area contributed by atoms with Gasteiger partial charge in [0.05, 0.1) is 22.2 Å². The van der Waals surface area contributed by atoms with Gasteiger partial charge in [0, 0.05) is 37.4 Å². The number of benzene rings is 2. The summed E-state index contributed by atoms with van der Waals surface area (Å²) in [7, 11) is 2.00. The van der Waals surface area contributed by atoms with Gasteiger partial charge in [0.25, 0.3) is 0 Å². The van der Waals surface area contributed by atoms with E-state index >= 15 is 0 Å². The van der Waals surface area contributed by atoms with Crippen LogP contribution in [0, 0.1) is 0 Å². The van der Waals surface area contributed by atoms with Gasteiger partial charge in [-0.3, -0.25) is 9.97 Å². The Morgan fingerprint density at radius 2 is 0.962 bits per heavy atom. The molecule has 6 heteroatoms. The molecule has 2 aromatic heterocycles. The molecule has 0 saturated carbocycles. The van der Waals surface area contributed by atoms with Crippen LogP contribution in [-0.2, 0) is 0 Å². The lowest BCUT2D eigenvalue weighted by Crippen LogP contribution is -1.90. The van der Waals surface area contributed by atoms with Crippen molar-refractivity contribution in [3.05, 3.63) is 60.9 Å². The van der Waals surface area contributed by atoms with Crippen molar-refractivity contribution in [1.29, 1.82) is 0 Å². The number of hydrogen-bond acceptors (Lipinski definition) is 6. The number of pyridine rings is 2. The topological polar surface area (TPSA) is 107 Å². The minimum Gasteiger partial charge on any atom is -0.507 e. The predicted octanol–water partition coefficient (Wildman–Crippen LogP) is 3.08. The third-order valence-corrected chi connectivity index (χ3v) is 3.76. The van der Waals surface area contributed by atoms with Gasteiger partial charge in [-0.15, -0.1) is 0 Å². The highest BCUT2D eigenvalue weighted by Gasteiger charge is 2.17. The first-order chi connectivity index (χ1) is 12.8. The summed E-state index contributed by atoms with van der Waals surface area (Å²) in [4.78, 5) is 8.73. The smallest absolute Gasteiger partial charge is 0.125 e. The molecular formula is C20H20N2O4. The molecule has 2 aromatic carbocycles. The Kier molecular flexibility index (Phi) is 6.43. The molecule has 4 N–H and O–H groups in total. The van der Waals surface area contributed by atoms with E-state index in [1.54, 1.807) is 36.7 Å². The van der Waals surface area contributed by atoms with E-state index < -0.39 is 0 Å². The number of nitrogens with zero attached hydrogens (tertiary/aromatic N) is 2. The fourth-order valence-electron chi connectivity index (χ4n) is 2.76. The highest BCUT2D eigenvalue weighted by atomic mass is 16.3. The molecule has 0 aliphatic carbocycles. The zero-order valence-electron chi connectivity index (χ0n) is 14.5. The van der Waals surface area contributed by atoms with Crippen molar-refractivity contribution in [2.24, 2.45) is 0 Å². The van der Waals surface area contributed by atoms with Gasteiger partial charge < -0.3 is 20.4 Å². The Morgan fingerprint density at radius 3 is 1.35 bits per heavy atom. The first-order valence-electron chi connectivity index (χ1n) is 7.79. The standard InChI is InChI=1S/C18H12N2O2.2CH4O/c21-13-7-5-11-3-1-9-19-17(11)15(13)16-14(22)8-6-12-4-2-10-20-18(12)16;2*1-2/h1-10,21-22H;2*2H,1H3. The second-order valence-corrected chi connectivity index (χ2v) is 5.07. The van der Waals surface area contributed by atoms with Crippen LogP contribution < -0.4 is 0 Å². The fourth-order valence-corrected chi connectivity index (χ4v) is 2.76. The summed E-state index contributed by atoms with van der Waals surface area (Å²) in [5.41, 5.74) is 2.27. The Morgan fingerprint density at radius 1 is 0.577 bits per heavy atom. The van der Waals surface area contributed by atoms with E-state index in [1.807, 2.05) is 24.3 Å². The highest BCUT2D eigenvalue weighted by Crippen LogP contribution is 2.42. The Bertz CT molecular complexity index is 936. The van der Waals surface area contributed by atoms with Gasteiger partial charge in [-0.05, 0) is 36.4 Å². The average Bonchev–Trinajstić information content (AvgIpc) is 2.72. The summed E-state index contributed by atoms with van der Waals surface area (Å²) in [5.74, 6) is 0.138. The minimum atomic E-state index is 0.0691. The number of hydrogen-bond donors (Lipinski definition) is 4. The number of phenolic OH excluding ortho intramolecular Hbond substituents is 2. The molecular weight excluding hydrogens is 332 g/mol. The lowest BCUT2D eigenvalue weighted by molar-refractivity contribution is 0.399. The molecule has 0 saturated heterocycles. The molecule has 0 radical (unpaired) electrons. The summed E-state index contributed by atoms with van der Waals surface area (Å²) in [6.45, 7) is 0. The number of aromatic nitrogens is 2. The molecule has 0 aliphatic heterocycles.